The Kier molecular flexibility index (Phi) is 5.35. The molecule has 144 valence electrons. The molecule has 3 aromatic rings. The van der Waals surface area contributed by atoms with Crippen molar-refractivity contribution in [1.82, 2.24) is 15.1 Å². The monoisotopic (exact) mass is 387 g/mol. The molecule has 0 aliphatic rings. The summed E-state index contributed by atoms with van der Waals surface area (Å²) in [6.07, 6.45) is -0.552. The second kappa shape index (κ2) is 7.87. The average molecular weight is 387 g/mol. The summed E-state index contributed by atoms with van der Waals surface area (Å²) in [5.74, 6) is -3.69. The lowest BCUT2D eigenvalue weighted by Gasteiger charge is -2.17. The quantitative estimate of drug-likeness (QED) is 0.603. The van der Waals surface area contributed by atoms with Gasteiger partial charge in [-0.1, -0.05) is 24.3 Å². The molecular formula is C19H15F2N3O4. The zero-order chi connectivity index (χ0) is 20.3. The zero-order valence-corrected chi connectivity index (χ0v) is 14.3. The van der Waals surface area contributed by atoms with E-state index in [9.17, 15) is 23.5 Å². The van der Waals surface area contributed by atoms with Gasteiger partial charge in [0.25, 0.3) is 5.91 Å². The third kappa shape index (κ3) is 4.14. The first-order chi connectivity index (χ1) is 13.3. The van der Waals surface area contributed by atoms with Crippen molar-refractivity contribution in [3.05, 3.63) is 77.5 Å². The van der Waals surface area contributed by atoms with Crippen LogP contribution >= 0.6 is 0 Å². The van der Waals surface area contributed by atoms with Crippen molar-refractivity contribution in [3.63, 3.8) is 0 Å². The Balaban J connectivity index is 1.87. The molecule has 0 radical (unpaired) electrons. The fourth-order valence-electron chi connectivity index (χ4n) is 2.68. The molecule has 0 aliphatic heterocycles. The van der Waals surface area contributed by atoms with Gasteiger partial charge in [-0.2, -0.15) is 5.10 Å². The van der Waals surface area contributed by atoms with Crippen LogP contribution < -0.4 is 5.32 Å². The van der Waals surface area contributed by atoms with Crippen molar-refractivity contribution in [2.24, 2.45) is 0 Å². The van der Waals surface area contributed by atoms with Crippen molar-refractivity contribution in [1.29, 1.82) is 0 Å². The molecule has 1 atom stereocenters. The highest BCUT2D eigenvalue weighted by molar-refractivity contribution is 5.93. The predicted molar refractivity (Wildman–Crippen MR) is 94.0 cm³/mol. The summed E-state index contributed by atoms with van der Waals surface area (Å²) in [5.41, 5.74) is -0.0479. The highest BCUT2D eigenvalue weighted by Gasteiger charge is 2.23. The van der Waals surface area contributed by atoms with Gasteiger partial charge in [-0.15, -0.1) is 0 Å². The molecular weight excluding hydrogens is 372 g/mol. The topological polar surface area (TPSA) is 104 Å². The van der Waals surface area contributed by atoms with E-state index in [1.54, 1.807) is 0 Å². The van der Waals surface area contributed by atoms with Gasteiger partial charge in [0.15, 0.2) is 5.69 Å². The number of nitrogens with one attached hydrogen (secondary N) is 1. The number of aliphatic carboxylic acids is 1. The molecule has 0 fully saturated rings. The van der Waals surface area contributed by atoms with Gasteiger partial charge >= 0.3 is 5.97 Å². The van der Waals surface area contributed by atoms with Gasteiger partial charge in [0.05, 0.1) is 18.2 Å². The molecule has 0 bridgehead atoms. The molecule has 0 saturated heterocycles. The highest BCUT2D eigenvalue weighted by Crippen LogP contribution is 2.22. The van der Waals surface area contributed by atoms with E-state index in [1.807, 2.05) is 0 Å². The number of amides is 1. The van der Waals surface area contributed by atoms with Crippen LogP contribution in [0.15, 0.2) is 54.6 Å². The van der Waals surface area contributed by atoms with Crippen molar-refractivity contribution in [2.45, 2.75) is 12.5 Å². The number of carboxylic acids is 1. The van der Waals surface area contributed by atoms with E-state index in [0.717, 1.165) is 22.9 Å². The maximum Gasteiger partial charge on any atom is 0.305 e. The number of hydrogen-bond donors (Lipinski definition) is 3. The van der Waals surface area contributed by atoms with Crippen molar-refractivity contribution in [2.75, 3.05) is 0 Å². The summed E-state index contributed by atoms with van der Waals surface area (Å²) >= 11 is 0. The number of aromatic nitrogens is 2. The van der Waals surface area contributed by atoms with Crippen LogP contribution in [0, 0.1) is 11.6 Å². The van der Waals surface area contributed by atoms with Gasteiger partial charge in [-0.25, -0.2) is 13.5 Å². The summed E-state index contributed by atoms with van der Waals surface area (Å²) in [6.45, 7) is 0. The van der Waals surface area contributed by atoms with Crippen LogP contribution in [-0.2, 0) is 4.79 Å². The Morgan fingerprint density at radius 2 is 1.86 bits per heavy atom. The normalized spacial score (nSPS) is 11.8. The van der Waals surface area contributed by atoms with Crippen molar-refractivity contribution in [3.8, 4) is 11.6 Å². The van der Waals surface area contributed by atoms with E-state index in [4.69, 9.17) is 5.11 Å². The molecule has 1 heterocycles. The lowest BCUT2D eigenvalue weighted by molar-refractivity contribution is -0.137. The first kappa shape index (κ1) is 19.0. The van der Waals surface area contributed by atoms with Crippen molar-refractivity contribution < 1.29 is 28.6 Å². The molecule has 2 aromatic carbocycles. The molecule has 3 rings (SSSR count). The largest absolute Gasteiger partial charge is 0.493 e. The van der Waals surface area contributed by atoms with Crippen LogP contribution in [0.3, 0.4) is 0 Å². The van der Waals surface area contributed by atoms with Crippen LogP contribution in [0.25, 0.3) is 5.69 Å². The number of nitrogens with zero attached hydrogens (tertiary/aromatic N) is 2. The third-order valence-corrected chi connectivity index (χ3v) is 3.94. The van der Waals surface area contributed by atoms with E-state index < -0.39 is 41.9 Å². The Labute approximate surface area is 157 Å². The first-order valence-corrected chi connectivity index (χ1v) is 8.17. The molecule has 0 unspecified atom stereocenters. The lowest BCUT2D eigenvalue weighted by atomic mass is 10.0. The standard InChI is InChI=1S/C19H15F2N3O4/c20-11-4-3-5-12(8-11)24-17(25)9-16(23-24)19(28)22-15(10-18(26)27)13-6-1-2-7-14(13)21/h1-9,15,25H,10H2,(H,22,28)(H,26,27)/t15-/m0/s1. The summed E-state index contributed by atoms with van der Waals surface area (Å²) in [6, 6.07) is 10.6. The number of rotatable bonds is 6. The summed E-state index contributed by atoms with van der Waals surface area (Å²) < 4.78 is 28.4. The van der Waals surface area contributed by atoms with Crippen LogP contribution in [0.2, 0.25) is 0 Å². The SMILES string of the molecule is O=C(O)C[C@H](NC(=O)c1cc(O)n(-c2cccc(F)c2)n1)c1ccccc1F. The molecule has 1 amide bonds. The molecule has 3 N–H and O–H groups in total. The predicted octanol–water partition coefficient (Wildman–Crippen LogP) is 2.80. The minimum absolute atomic E-state index is 0.00651. The average Bonchev–Trinajstić information content (AvgIpc) is 3.03. The van der Waals surface area contributed by atoms with Crippen LogP contribution in [0.4, 0.5) is 8.78 Å². The van der Waals surface area contributed by atoms with Crippen LogP contribution in [-0.4, -0.2) is 31.9 Å². The van der Waals surface area contributed by atoms with Gasteiger partial charge in [0.1, 0.15) is 11.6 Å². The summed E-state index contributed by atoms with van der Waals surface area (Å²) in [5, 5.41) is 25.4. The zero-order valence-electron chi connectivity index (χ0n) is 14.3. The van der Waals surface area contributed by atoms with Gasteiger partial charge in [-0.3, -0.25) is 9.59 Å². The van der Waals surface area contributed by atoms with Gasteiger partial charge < -0.3 is 15.5 Å². The number of hydrogen-bond acceptors (Lipinski definition) is 4. The van der Waals surface area contributed by atoms with Crippen LogP contribution in [0.5, 0.6) is 5.88 Å². The summed E-state index contributed by atoms with van der Waals surface area (Å²) in [7, 11) is 0. The Bertz CT molecular complexity index is 1040. The number of carboxylic acid groups (broad SMARTS) is 1. The maximum absolute atomic E-state index is 14.0. The van der Waals surface area contributed by atoms with Gasteiger partial charge in [0.2, 0.25) is 5.88 Å². The first-order valence-electron chi connectivity index (χ1n) is 8.17. The number of benzene rings is 2. The maximum atomic E-state index is 14.0. The third-order valence-electron chi connectivity index (χ3n) is 3.94. The number of halogens is 2. The second-order valence-corrected chi connectivity index (χ2v) is 5.92. The van der Waals surface area contributed by atoms with E-state index >= 15 is 0 Å². The Morgan fingerprint density at radius 1 is 1.11 bits per heavy atom. The Morgan fingerprint density at radius 3 is 2.54 bits per heavy atom. The second-order valence-electron chi connectivity index (χ2n) is 5.92. The lowest BCUT2D eigenvalue weighted by Crippen LogP contribution is -2.31. The smallest absolute Gasteiger partial charge is 0.305 e. The minimum Gasteiger partial charge on any atom is -0.493 e. The van der Waals surface area contributed by atoms with Crippen molar-refractivity contribution >= 4 is 11.9 Å². The van der Waals surface area contributed by atoms with E-state index in [-0.39, 0.29) is 16.9 Å². The fourth-order valence-corrected chi connectivity index (χ4v) is 2.68. The van der Waals surface area contributed by atoms with Gasteiger partial charge in [-0.05, 0) is 24.3 Å². The fraction of sp³-hybridized carbons (Fsp3) is 0.105. The van der Waals surface area contributed by atoms with E-state index in [2.05, 4.69) is 10.4 Å². The number of carbonyl (C=O) groups is 2. The molecule has 0 saturated carbocycles. The molecule has 0 aliphatic carbocycles. The molecule has 9 heteroatoms. The molecule has 7 nitrogen and oxygen atoms in total. The van der Waals surface area contributed by atoms with Crippen LogP contribution in [0.1, 0.15) is 28.5 Å². The summed E-state index contributed by atoms with van der Waals surface area (Å²) in [4.78, 5) is 23.6. The molecule has 28 heavy (non-hydrogen) atoms. The minimum atomic E-state index is -1.23. The molecule has 1 aromatic heterocycles. The Hall–Kier alpha value is -3.75. The van der Waals surface area contributed by atoms with E-state index in [0.29, 0.717) is 0 Å². The number of carbonyl (C=O) groups excluding carboxylic acids is 1. The highest BCUT2D eigenvalue weighted by atomic mass is 19.1. The number of aromatic hydroxyl groups is 1. The van der Waals surface area contributed by atoms with E-state index in [1.165, 1.54) is 36.4 Å². The van der Waals surface area contributed by atoms with Gasteiger partial charge in [0, 0.05) is 11.6 Å². The molecule has 0 spiro atoms.